The largest absolute Gasteiger partial charge is 0.418 e. The molecule has 1 aromatic heterocycles. The van der Waals surface area contributed by atoms with E-state index in [1.54, 1.807) is 11.8 Å². The average Bonchev–Trinajstić information content (AvgIpc) is 3.00. The third-order valence-corrected chi connectivity index (χ3v) is 4.53. The molecule has 0 unspecified atom stereocenters. The Kier molecular flexibility index (Phi) is 4.78. The fourth-order valence-corrected chi connectivity index (χ4v) is 3.31. The minimum Gasteiger partial charge on any atom is -0.365 e. The highest BCUT2D eigenvalue weighted by Crippen LogP contribution is 2.42. The van der Waals surface area contributed by atoms with Gasteiger partial charge in [-0.05, 0) is 25.8 Å². The summed E-state index contributed by atoms with van der Waals surface area (Å²) in [5, 5.41) is 14.5. The lowest BCUT2D eigenvalue weighted by atomic mass is 9.97. The van der Waals surface area contributed by atoms with Gasteiger partial charge >= 0.3 is 6.18 Å². The van der Waals surface area contributed by atoms with Crippen molar-refractivity contribution < 1.29 is 22.6 Å². The Morgan fingerprint density at radius 1 is 1.42 bits per heavy atom. The standard InChI is InChI=1S/C15H14ClF3N4O3/c1-8-20-14(26-21-8)9-3-2-4-22(7-9)12-6-11(16)10(15(17,18)19)5-13(12)23(24)25/h5-6,9H,2-4,7H2,1H3/t9-/m0/s1. The Hall–Kier alpha value is -2.36. The minimum atomic E-state index is -4.77. The summed E-state index contributed by atoms with van der Waals surface area (Å²) in [5.74, 6) is 0.721. The molecule has 1 fully saturated rings. The van der Waals surface area contributed by atoms with E-state index in [2.05, 4.69) is 10.1 Å². The molecule has 0 bridgehead atoms. The number of nitro groups is 1. The van der Waals surface area contributed by atoms with Crippen LogP contribution >= 0.6 is 11.6 Å². The zero-order chi connectivity index (χ0) is 19.1. The van der Waals surface area contributed by atoms with Gasteiger partial charge in [0.1, 0.15) is 5.69 Å². The molecule has 0 radical (unpaired) electrons. The number of halogens is 4. The fourth-order valence-electron chi connectivity index (χ4n) is 3.04. The molecule has 1 aliphatic heterocycles. The van der Waals surface area contributed by atoms with E-state index in [0.29, 0.717) is 37.3 Å². The van der Waals surface area contributed by atoms with Crippen LogP contribution in [0.5, 0.6) is 0 Å². The number of aromatic nitrogens is 2. The maximum Gasteiger partial charge on any atom is 0.418 e. The molecular formula is C15H14ClF3N4O3. The molecule has 1 aliphatic rings. The summed E-state index contributed by atoms with van der Waals surface area (Å²) in [5.41, 5.74) is -1.81. The lowest BCUT2D eigenvalue weighted by Crippen LogP contribution is -2.35. The number of rotatable bonds is 3. The van der Waals surface area contributed by atoms with Crippen molar-refractivity contribution in [1.29, 1.82) is 0 Å². The van der Waals surface area contributed by atoms with Gasteiger partial charge in [-0.2, -0.15) is 18.2 Å². The van der Waals surface area contributed by atoms with Crippen molar-refractivity contribution in [1.82, 2.24) is 10.1 Å². The summed E-state index contributed by atoms with van der Waals surface area (Å²) in [6, 6.07) is 1.49. The highest BCUT2D eigenvalue weighted by atomic mass is 35.5. The van der Waals surface area contributed by atoms with Crippen molar-refractivity contribution in [2.24, 2.45) is 0 Å². The second-order valence-electron chi connectivity index (χ2n) is 6.04. The third-order valence-electron chi connectivity index (χ3n) is 4.22. The summed E-state index contributed by atoms with van der Waals surface area (Å²) >= 11 is 5.76. The van der Waals surface area contributed by atoms with Crippen molar-refractivity contribution in [3.05, 3.63) is 44.5 Å². The number of alkyl halides is 3. The van der Waals surface area contributed by atoms with Gasteiger partial charge in [0.15, 0.2) is 5.82 Å². The van der Waals surface area contributed by atoms with Crippen LogP contribution in [0.15, 0.2) is 16.7 Å². The summed E-state index contributed by atoms with van der Waals surface area (Å²) in [6.45, 7) is 2.43. The van der Waals surface area contributed by atoms with Crippen molar-refractivity contribution in [3.63, 3.8) is 0 Å². The van der Waals surface area contributed by atoms with E-state index >= 15 is 0 Å². The average molecular weight is 391 g/mol. The number of hydrogen-bond acceptors (Lipinski definition) is 6. The van der Waals surface area contributed by atoms with Crippen LogP contribution in [0.3, 0.4) is 0 Å². The number of nitro benzene ring substituents is 1. The predicted molar refractivity (Wildman–Crippen MR) is 86.3 cm³/mol. The number of benzene rings is 1. The molecule has 3 rings (SSSR count). The van der Waals surface area contributed by atoms with Gasteiger partial charge in [-0.15, -0.1) is 0 Å². The van der Waals surface area contributed by atoms with E-state index in [1.165, 1.54) is 0 Å². The number of aryl methyl sites for hydroxylation is 1. The van der Waals surface area contributed by atoms with E-state index in [-0.39, 0.29) is 11.6 Å². The van der Waals surface area contributed by atoms with Crippen LogP contribution < -0.4 is 4.90 Å². The van der Waals surface area contributed by atoms with E-state index in [9.17, 15) is 23.3 Å². The number of anilines is 1. The van der Waals surface area contributed by atoms with Gasteiger partial charge in [0.2, 0.25) is 5.89 Å². The number of hydrogen-bond donors (Lipinski definition) is 0. The highest BCUT2D eigenvalue weighted by molar-refractivity contribution is 6.31. The Morgan fingerprint density at radius 3 is 2.73 bits per heavy atom. The minimum absolute atomic E-state index is 0.0499. The molecule has 0 aliphatic carbocycles. The summed E-state index contributed by atoms with van der Waals surface area (Å²) in [4.78, 5) is 16.3. The van der Waals surface area contributed by atoms with Gasteiger partial charge in [0, 0.05) is 19.2 Å². The Balaban J connectivity index is 1.97. The van der Waals surface area contributed by atoms with E-state index in [0.717, 1.165) is 12.5 Å². The van der Waals surface area contributed by atoms with E-state index < -0.39 is 27.4 Å². The zero-order valence-electron chi connectivity index (χ0n) is 13.6. The Morgan fingerprint density at radius 2 is 2.15 bits per heavy atom. The van der Waals surface area contributed by atoms with Crippen LogP contribution in [0.4, 0.5) is 24.5 Å². The van der Waals surface area contributed by atoms with Crippen LogP contribution in [0.2, 0.25) is 5.02 Å². The van der Waals surface area contributed by atoms with Gasteiger partial charge in [0.25, 0.3) is 5.69 Å². The smallest absolute Gasteiger partial charge is 0.365 e. The van der Waals surface area contributed by atoms with Gasteiger partial charge in [-0.1, -0.05) is 16.8 Å². The predicted octanol–water partition coefficient (Wildman–Crippen LogP) is 4.34. The van der Waals surface area contributed by atoms with Crippen molar-refractivity contribution in [3.8, 4) is 0 Å². The summed E-state index contributed by atoms with van der Waals surface area (Å²) < 4.78 is 44.2. The second-order valence-corrected chi connectivity index (χ2v) is 6.45. The van der Waals surface area contributed by atoms with Crippen LogP contribution in [-0.2, 0) is 6.18 Å². The molecule has 2 aromatic rings. The van der Waals surface area contributed by atoms with Gasteiger partial charge < -0.3 is 9.42 Å². The third kappa shape index (κ3) is 3.59. The van der Waals surface area contributed by atoms with Gasteiger partial charge in [-0.3, -0.25) is 10.1 Å². The molecule has 2 heterocycles. The van der Waals surface area contributed by atoms with Gasteiger partial charge in [-0.25, -0.2) is 0 Å². The normalized spacial score (nSPS) is 18.2. The molecule has 26 heavy (non-hydrogen) atoms. The highest BCUT2D eigenvalue weighted by Gasteiger charge is 2.37. The molecule has 0 saturated carbocycles. The molecule has 0 N–H and O–H groups in total. The second kappa shape index (κ2) is 6.75. The monoisotopic (exact) mass is 390 g/mol. The molecule has 0 amide bonds. The molecule has 140 valence electrons. The zero-order valence-corrected chi connectivity index (χ0v) is 14.3. The van der Waals surface area contributed by atoms with E-state index in [4.69, 9.17) is 16.1 Å². The molecule has 1 aromatic carbocycles. The maximum absolute atomic E-state index is 13.0. The molecule has 11 heteroatoms. The van der Waals surface area contributed by atoms with Crippen LogP contribution in [0.1, 0.15) is 36.0 Å². The Labute approximate surface area is 150 Å². The first-order chi connectivity index (χ1) is 12.2. The van der Waals surface area contributed by atoms with Crippen LogP contribution in [0, 0.1) is 17.0 Å². The lowest BCUT2D eigenvalue weighted by molar-refractivity contribution is -0.384. The topological polar surface area (TPSA) is 85.3 Å². The lowest BCUT2D eigenvalue weighted by Gasteiger charge is -2.32. The van der Waals surface area contributed by atoms with Crippen LogP contribution in [0.25, 0.3) is 0 Å². The first-order valence-electron chi connectivity index (χ1n) is 7.77. The molecular weight excluding hydrogens is 377 g/mol. The molecule has 7 nitrogen and oxygen atoms in total. The number of nitrogens with zero attached hydrogens (tertiary/aromatic N) is 4. The first kappa shape index (κ1) is 18.4. The van der Waals surface area contributed by atoms with Crippen molar-refractivity contribution in [2.45, 2.75) is 31.9 Å². The fraction of sp³-hybridized carbons (Fsp3) is 0.467. The SMILES string of the molecule is Cc1noc([C@H]2CCCN(c3cc(Cl)c(C(F)(F)F)cc3[N+](=O)[O-])C2)n1. The van der Waals surface area contributed by atoms with Crippen molar-refractivity contribution >= 4 is 23.0 Å². The Bertz CT molecular complexity index is 840. The maximum atomic E-state index is 13.0. The summed E-state index contributed by atoms with van der Waals surface area (Å²) in [7, 11) is 0. The molecule has 1 saturated heterocycles. The molecule has 0 spiro atoms. The van der Waals surface area contributed by atoms with Gasteiger partial charge in [0.05, 0.1) is 21.4 Å². The van der Waals surface area contributed by atoms with Crippen molar-refractivity contribution in [2.75, 3.05) is 18.0 Å². The first-order valence-corrected chi connectivity index (χ1v) is 8.15. The summed E-state index contributed by atoms with van der Waals surface area (Å²) in [6.07, 6.45) is -3.37. The van der Waals surface area contributed by atoms with Crippen LogP contribution in [-0.4, -0.2) is 28.2 Å². The quantitative estimate of drug-likeness (QED) is 0.572. The molecule has 1 atom stereocenters. The number of piperidine rings is 1. The van der Waals surface area contributed by atoms with E-state index in [1.807, 2.05) is 0 Å².